The number of imidazole rings is 2. The second-order valence-electron chi connectivity index (χ2n) is 18.1. The first-order chi connectivity index (χ1) is 34.6. The van der Waals surface area contributed by atoms with Gasteiger partial charge in [0, 0.05) is 32.2 Å². The molecule has 10 N–H and O–H groups in total. The van der Waals surface area contributed by atoms with Crippen molar-refractivity contribution in [3.63, 3.8) is 0 Å². The molecule has 6 fully saturated rings. The lowest BCUT2D eigenvalue weighted by atomic mass is 9.95. The molecule has 72 heavy (non-hydrogen) atoms. The third kappa shape index (κ3) is 13.4. The normalized spacial score (nSPS) is 29.1. The molecule has 9 atom stereocenters. The molecule has 2 saturated carbocycles. The van der Waals surface area contributed by atoms with Crippen molar-refractivity contribution in [3.8, 4) is 0 Å². The molecule has 400 valence electrons. The maximum Gasteiger partial charge on any atom is 0.469 e. The minimum absolute atomic E-state index is 0.111. The zero-order chi connectivity index (χ0) is 51.0. The van der Waals surface area contributed by atoms with Crippen LogP contribution in [-0.2, 0) is 37.1 Å². The summed E-state index contributed by atoms with van der Waals surface area (Å²) in [5.41, 5.74) is 12.4. The first-order valence-corrected chi connectivity index (χ1v) is 27.1. The Morgan fingerprint density at radius 1 is 0.694 bits per heavy atom. The monoisotopic (exact) mass is 1060 g/mol. The average molecular weight is 1060 g/mol. The summed E-state index contributed by atoms with van der Waals surface area (Å²) in [5, 5.41) is 24.0. The number of phosphoric ester groups is 1. The Morgan fingerprint density at radius 3 is 1.67 bits per heavy atom. The molecule has 3 unspecified atom stereocenters. The first kappa shape index (κ1) is 54.1. The number of anilines is 2. The zero-order valence-electron chi connectivity index (χ0n) is 39.5. The van der Waals surface area contributed by atoms with Crippen LogP contribution < -0.4 is 16.8 Å². The van der Waals surface area contributed by atoms with Crippen molar-refractivity contribution < 1.29 is 70.8 Å². The van der Waals surface area contributed by atoms with E-state index in [2.05, 4.69) is 44.6 Å². The van der Waals surface area contributed by atoms with Crippen LogP contribution in [0.5, 0.6) is 0 Å². The molecule has 6 aliphatic rings. The number of aliphatic imine (C=N–C) groups is 1. The molecule has 2 aliphatic carbocycles. The number of aliphatic hydroxyl groups is 2. The molecule has 27 nitrogen and oxygen atoms in total. The standard InChI is InChI=1S/C17H31N3O.C14H20FN6O6P.C10H13FN5O6P/c1-3-7-15(8-4-1)18-17(20-11-13-21-14-12-20)19-16-9-5-2-6-10-16;15-9-8(5-26-28(23,24)20-1-3-25-4-2-20)27-14(11(9)22)21-7-19-10-12(16)17-6-18-13(10)21;11-5-4(1-21-23(18,19)20)22-10(7(5)17)16-3-15-6-8(12)13-2-14-9(6)16/h15-16H,1-14H2,(H,18,19);6-9,11,14,22H,1-5H2,(H,23,24)(H2,16,17,18);2-5,7,10,17H,1H2,(H2,12,13,14)(H2,18,19,20)/t;8-,9-,11?,14-;4-,5-,7?,10-/m.11/s1. The molecule has 8 heterocycles. The van der Waals surface area contributed by atoms with E-state index >= 15 is 0 Å². The highest BCUT2D eigenvalue weighted by Gasteiger charge is 2.48. The lowest BCUT2D eigenvalue weighted by Gasteiger charge is -2.34. The third-order valence-electron chi connectivity index (χ3n) is 13.2. The number of nitrogens with zero attached hydrogens (tertiary/aromatic N) is 11. The first-order valence-electron chi connectivity index (χ1n) is 24.1. The number of morpholine rings is 2. The van der Waals surface area contributed by atoms with Gasteiger partial charge in [0.1, 0.15) is 48.1 Å². The van der Waals surface area contributed by atoms with E-state index < -0.39 is 78.0 Å². The molecule has 4 aromatic rings. The Bertz CT molecular complexity index is 2510. The van der Waals surface area contributed by atoms with Crippen LogP contribution >= 0.6 is 15.6 Å². The maximum atomic E-state index is 14.6. The van der Waals surface area contributed by atoms with Crippen LogP contribution in [0.15, 0.2) is 30.3 Å². The van der Waals surface area contributed by atoms with Gasteiger partial charge < -0.3 is 65.5 Å². The summed E-state index contributed by atoms with van der Waals surface area (Å²) >= 11 is 0. The van der Waals surface area contributed by atoms with Crippen LogP contribution in [0.4, 0.5) is 20.4 Å². The number of rotatable bonds is 11. The Balaban J connectivity index is 0.000000146. The van der Waals surface area contributed by atoms with E-state index in [0.717, 1.165) is 26.3 Å². The minimum Gasteiger partial charge on any atom is -0.385 e. The Labute approximate surface area is 412 Å². The van der Waals surface area contributed by atoms with Crippen molar-refractivity contribution in [1.82, 2.24) is 53.9 Å². The predicted molar refractivity (Wildman–Crippen MR) is 252 cm³/mol. The van der Waals surface area contributed by atoms with Gasteiger partial charge in [-0.25, -0.2) is 57.5 Å². The van der Waals surface area contributed by atoms with Crippen molar-refractivity contribution in [3.05, 3.63) is 25.3 Å². The maximum absolute atomic E-state index is 14.6. The van der Waals surface area contributed by atoms with E-state index in [9.17, 15) is 33.0 Å². The summed E-state index contributed by atoms with van der Waals surface area (Å²) in [6.45, 7) is 3.50. The van der Waals surface area contributed by atoms with Gasteiger partial charge in [-0.15, -0.1) is 0 Å². The third-order valence-corrected chi connectivity index (χ3v) is 15.3. The van der Waals surface area contributed by atoms with Crippen LogP contribution in [0.2, 0.25) is 0 Å². The van der Waals surface area contributed by atoms with Gasteiger partial charge in [0.05, 0.1) is 58.3 Å². The number of fused-ring (bicyclic) bond motifs is 2. The molecule has 0 bridgehead atoms. The van der Waals surface area contributed by atoms with Gasteiger partial charge in [-0.3, -0.25) is 18.2 Å². The van der Waals surface area contributed by atoms with E-state index in [0.29, 0.717) is 30.8 Å². The van der Waals surface area contributed by atoms with Crippen molar-refractivity contribution in [2.45, 2.75) is 126 Å². The van der Waals surface area contributed by atoms with Crippen molar-refractivity contribution in [2.75, 3.05) is 77.3 Å². The fourth-order valence-corrected chi connectivity index (χ4v) is 10.8. The number of aliphatic hydroxyl groups excluding tert-OH is 2. The van der Waals surface area contributed by atoms with Gasteiger partial charge >= 0.3 is 15.6 Å². The number of phosphoric acid groups is 1. The Hall–Kier alpha value is -4.19. The van der Waals surface area contributed by atoms with Crippen LogP contribution in [0.25, 0.3) is 22.3 Å². The number of aromatic nitrogens is 8. The topological polar surface area (TPSA) is 361 Å². The number of nitrogens with one attached hydrogen (secondary N) is 1. The smallest absolute Gasteiger partial charge is 0.385 e. The highest BCUT2D eigenvalue weighted by molar-refractivity contribution is 7.50. The highest BCUT2D eigenvalue weighted by Crippen LogP contribution is 2.48. The second-order valence-corrected chi connectivity index (χ2v) is 21.2. The van der Waals surface area contributed by atoms with Gasteiger partial charge in [-0.2, -0.15) is 0 Å². The van der Waals surface area contributed by atoms with E-state index in [1.54, 1.807) is 0 Å². The van der Waals surface area contributed by atoms with E-state index in [1.807, 2.05) is 0 Å². The molecule has 0 radical (unpaired) electrons. The summed E-state index contributed by atoms with van der Waals surface area (Å²) in [7, 11) is -8.90. The molecule has 4 saturated heterocycles. The lowest BCUT2D eigenvalue weighted by Crippen LogP contribution is -2.51. The summed E-state index contributed by atoms with van der Waals surface area (Å²) in [6.07, 6.45) is 6.53. The van der Waals surface area contributed by atoms with Gasteiger partial charge in [0.2, 0.25) is 0 Å². The van der Waals surface area contributed by atoms with E-state index in [4.69, 9.17) is 49.7 Å². The van der Waals surface area contributed by atoms with E-state index in [1.165, 1.54) is 109 Å². The molecule has 31 heteroatoms. The number of ether oxygens (including phenoxy) is 4. The molecule has 0 amide bonds. The minimum atomic E-state index is -4.77. The largest absolute Gasteiger partial charge is 0.469 e. The lowest BCUT2D eigenvalue weighted by molar-refractivity contribution is -0.0492. The van der Waals surface area contributed by atoms with Gasteiger partial charge in [-0.05, 0) is 25.7 Å². The van der Waals surface area contributed by atoms with Crippen LogP contribution in [-0.4, -0.2) is 194 Å². The number of alkyl halides is 2. The van der Waals surface area contributed by atoms with Crippen LogP contribution in [0, 0.1) is 0 Å². The molecule has 4 aromatic heterocycles. The fourth-order valence-electron chi connectivity index (χ4n) is 9.29. The summed E-state index contributed by atoms with van der Waals surface area (Å²) in [4.78, 5) is 58.6. The number of guanidine groups is 1. The number of nitrogen functional groups attached to an aromatic ring is 2. The number of nitrogens with two attached hydrogens (primary N) is 2. The molecule has 0 spiro atoms. The Morgan fingerprint density at radius 2 is 1.17 bits per heavy atom. The molecule has 10 rings (SSSR count). The molecule has 0 aromatic carbocycles. The van der Waals surface area contributed by atoms with Crippen LogP contribution in [0.1, 0.15) is 76.7 Å². The molecular formula is C41H64F2N14O13P2. The summed E-state index contributed by atoms with van der Waals surface area (Å²) in [6, 6.07) is 1.19. The zero-order valence-corrected chi connectivity index (χ0v) is 41.2. The fraction of sp³-hybridized carbons (Fsp3) is 0.732. The quantitative estimate of drug-likeness (QED) is 0.0599. The van der Waals surface area contributed by atoms with Crippen LogP contribution in [0.3, 0.4) is 0 Å². The summed E-state index contributed by atoms with van der Waals surface area (Å²) < 4.78 is 86.3. The van der Waals surface area contributed by atoms with Crippen molar-refractivity contribution >= 4 is 55.5 Å². The summed E-state index contributed by atoms with van der Waals surface area (Å²) in [5.74, 6) is 1.43. The molecular weight excluding hydrogens is 996 g/mol. The molecule has 4 aliphatic heterocycles. The SMILES string of the molecule is C1CCC(N=C(NC2CCCCC2)N2CCOCC2)CC1.Nc1ncnc2c1ncn2[C@@H]1O[C@H](COP(=O)(O)N2CCOCC2)[C@@H](F)C1O.Nc1ncnc2c1ncn2[C@@H]1O[C@H](COP(=O)(O)O)[C@@H](F)C1O. The van der Waals surface area contributed by atoms with E-state index in [-0.39, 0.29) is 41.5 Å². The van der Waals surface area contributed by atoms with Gasteiger partial charge in [0.25, 0.3) is 0 Å². The predicted octanol–water partition coefficient (Wildman–Crippen LogP) is 1.50. The van der Waals surface area contributed by atoms with Gasteiger partial charge in [0.15, 0.2) is 53.7 Å². The highest BCUT2D eigenvalue weighted by atomic mass is 31.2. The second kappa shape index (κ2) is 24.4. The average Bonchev–Trinajstić information content (AvgIpc) is 4.16. The Kier molecular flexibility index (Phi) is 18.4. The number of hydrogen-bond donors (Lipinski definition) is 8. The van der Waals surface area contributed by atoms with Crippen molar-refractivity contribution in [2.24, 2.45) is 4.99 Å². The number of halogens is 2. The van der Waals surface area contributed by atoms with Gasteiger partial charge in [-0.1, -0.05) is 38.5 Å². The van der Waals surface area contributed by atoms with Crippen molar-refractivity contribution in [1.29, 1.82) is 0 Å². The number of hydrogen-bond acceptors (Lipinski definition) is 19.